The first-order chi connectivity index (χ1) is 53.6. The van der Waals surface area contributed by atoms with E-state index in [2.05, 4.69) is 114 Å². The second-order valence-electron chi connectivity index (χ2n) is 29.0. The first-order valence-electron chi connectivity index (χ1n) is 35.5. The Morgan fingerprint density at radius 1 is 0.673 bits per heavy atom. The number of nitrogens with one attached hydrogen (secondary N) is 1. The van der Waals surface area contributed by atoms with Crippen LogP contribution >= 0.6 is 82.4 Å². The molecule has 0 spiro atoms. The number of sulfone groups is 1. The van der Waals surface area contributed by atoms with E-state index in [1.54, 1.807) is 98.2 Å². The maximum Gasteiger partial charge on any atom is 0.339 e. The minimum absolute atomic E-state index is 0.00312. The fraction of sp³-hybridized carbons (Fsp3) is 0.259. The van der Waals surface area contributed by atoms with Gasteiger partial charge in [0.2, 0.25) is 42.5 Å². The Morgan fingerprint density at radius 3 is 1.69 bits per heavy atom. The number of carbonyl (C=O) groups excluding carboxylic acids is 4. The van der Waals surface area contributed by atoms with E-state index in [-0.39, 0.29) is 25.8 Å². The van der Waals surface area contributed by atoms with Crippen molar-refractivity contribution in [1.82, 2.24) is 54.5 Å². The number of likely N-dealkylation sites (tertiary alicyclic amines) is 1. The van der Waals surface area contributed by atoms with Gasteiger partial charge >= 0.3 is 11.2 Å². The van der Waals surface area contributed by atoms with Crippen molar-refractivity contribution in [2.45, 2.75) is 102 Å². The first-order valence-corrected chi connectivity index (χ1v) is 43.6. The third-order valence-corrected chi connectivity index (χ3v) is 22.0. The topological polar surface area (TPSA) is 294 Å². The van der Waals surface area contributed by atoms with Gasteiger partial charge in [0.1, 0.15) is 34.2 Å². The normalized spacial score (nSPS) is 16.8. The highest BCUT2D eigenvalue weighted by Crippen LogP contribution is 2.61. The molecule has 3 N–H and O–H groups in total. The Hall–Kier alpha value is -9.70. The van der Waals surface area contributed by atoms with Crippen LogP contribution in [0.4, 0.5) is 0 Å². The Kier molecular flexibility index (Phi) is 27.0. The molecule has 5 atom stereocenters. The number of nitrogens with zero attached hydrogens (tertiary/aromatic N) is 12. The largest absolute Gasteiger partial charge is 0.472 e. The molecule has 0 radical (unpaired) electrons. The van der Waals surface area contributed by atoms with Gasteiger partial charge in [-0.05, 0) is 227 Å². The highest BCUT2D eigenvalue weighted by molar-refractivity contribution is 9.10. The number of Topliss-reactive ketones (excluding diaryl/α,β-unsaturated/α-hetero) is 1. The van der Waals surface area contributed by atoms with Crippen LogP contribution in [-0.4, -0.2) is 132 Å². The lowest BCUT2D eigenvalue weighted by Gasteiger charge is -2.35. The highest BCUT2D eigenvalue weighted by atomic mass is 79.9. The van der Waals surface area contributed by atoms with E-state index in [4.69, 9.17) is 26.3 Å². The average molecular weight is 1780 g/mol. The molecule has 0 bridgehead atoms. The van der Waals surface area contributed by atoms with Gasteiger partial charge in [0.05, 0.1) is 52.0 Å². The molecular weight excluding hydrogens is 1700 g/mol. The number of hydrogen-bond acceptors (Lipinski definition) is 17. The van der Waals surface area contributed by atoms with Crippen LogP contribution in [-0.2, 0) is 38.3 Å². The summed E-state index contributed by atoms with van der Waals surface area (Å²) in [6.45, 7) is 14.6. The molecule has 24 nitrogen and oxygen atoms in total. The molecule has 2 saturated carbocycles. The van der Waals surface area contributed by atoms with Crippen molar-refractivity contribution < 1.29 is 61.5 Å². The van der Waals surface area contributed by atoms with Crippen molar-refractivity contribution in [3.8, 4) is 22.9 Å². The molecule has 3 fully saturated rings. The number of esters is 1. The molecule has 5 aromatic carbocycles. The van der Waals surface area contributed by atoms with Crippen molar-refractivity contribution in [1.29, 1.82) is 0 Å². The molecule has 586 valence electrons. The summed E-state index contributed by atoms with van der Waals surface area (Å²) in [6.07, 6.45) is 26.4. The second-order valence-corrected chi connectivity index (χ2v) is 40.1. The van der Waals surface area contributed by atoms with Crippen LogP contribution in [0.15, 0.2) is 248 Å². The maximum atomic E-state index is 14.6. The lowest BCUT2D eigenvalue weighted by molar-refractivity contribution is -0.904. The van der Waals surface area contributed by atoms with Crippen LogP contribution < -0.4 is 19.5 Å². The Labute approximate surface area is 688 Å². The monoisotopic (exact) mass is 1770 g/mol. The molecular formula is C81H80Br2Cl4N13O11PS+2. The van der Waals surface area contributed by atoms with Crippen LogP contribution in [0.2, 0.25) is 5.15 Å². The molecule has 9 heterocycles. The van der Waals surface area contributed by atoms with E-state index in [9.17, 15) is 37.4 Å². The van der Waals surface area contributed by atoms with Crippen molar-refractivity contribution in [3.05, 3.63) is 253 Å². The fourth-order valence-electron chi connectivity index (χ4n) is 12.7. The number of hydrogen-bond donors (Lipinski definition) is 3. The Balaban J connectivity index is 0.000000166. The first kappa shape index (κ1) is 84.2. The molecule has 32 heteroatoms. The van der Waals surface area contributed by atoms with E-state index in [0.717, 1.165) is 78.6 Å². The summed E-state index contributed by atoms with van der Waals surface area (Å²) in [4.78, 5) is 69.6. The molecule has 16 rings (SSSR count). The number of pyridine rings is 5. The molecule has 1 aliphatic heterocycles. The summed E-state index contributed by atoms with van der Waals surface area (Å²) in [5.41, 5.74) is -0.0257. The number of halogens is 6. The van der Waals surface area contributed by atoms with Gasteiger partial charge in [-0.1, -0.05) is 76.4 Å². The molecule has 0 unspecified atom stereocenters. The number of ether oxygens (including phenoxy) is 2. The standard InChI is InChI=1S/C39H49N5O8S.C12H8ClN3.C12H10N3O.C9H7BrNO.C9H6BrN.Cl3OP/c1-8-25-21-39(25,32(45)23-53(49,50)28-11-12-28)42-34(47)31-19-27(22-43(31)36(48)30(37(2,3)4)20-33(46)52-38(5,6)7)51-35-29-13-10-26(44-17-9-15-41-44)18-24(29)14-16-40-35;13-12-11-3-2-10(16-7-1-5-15-16)8-9(11)4-6-14-12;16-14-7-4-10-8-12(3-2-11(10)9-14)15-6-1-5-13-15;10-9-2-1-8-6-11(12)4-3-7(8)5-9;10-9-2-1-8-6-11-4-3-7(8)5-9;1-5(2,3)4/h8-10,13-18,25,27-28,30-31H,1,11-12,19-23H2,2-7H3,(H,42,47);1-8H;1-9,16H;1-6,12H;1-6H;/q;;2*+1;;/t25-,27-,30-,31+,39-;;;;;/m1...../s1. The van der Waals surface area contributed by atoms with E-state index < -0.39 is 90.1 Å². The zero-order valence-corrected chi connectivity index (χ0v) is 69.9. The summed E-state index contributed by atoms with van der Waals surface area (Å²) in [5.74, 6) is -3.82. The van der Waals surface area contributed by atoms with Crippen molar-refractivity contribution in [2.75, 3.05) is 12.3 Å². The predicted octanol–water partition coefficient (Wildman–Crippen LogP) is 16.9. The van der Waals surface area contributed by atoms with Gasteiger partial charge in [0.25, 0.3) is 0 Å². The van der Waals surface area contributed by atoms with Crippen molar-refractivity contribution >= 4 is 170 Å². The van der Waals surface area contributed by atoms with E-state index >= 15 is 0 Å². The zero-order chi connectivity index (χ0) is 81.2. The van der Waals surface area contributed by atoms with Gasteiger partial charge in [0.15, 0.2) is 15.6 Å². The lowest BCUT2D eigenvalue weighted by atomic mass is 9.77. The number of ketones is 1. The van der Waals surface area contributed by atoms with Gasteiger partial charge < -0.3 is 19.7 Å². The second kappa shape index (κ2) is 36.2. The number of benzene rings is 5. The number of rotatable bonds is 15. The van der Waals surface area contributed by atoms with Crippen LogP contribution in [0.5, 0.6) is 5.88 Å². The number of aromatic nitrogens is 11. The van der Waals surface area contributed by atoms with E-state index in [1.165, 1.54) is 15.7 Å². The van der Waals surface area contributed by atoms with Crippen molar-refractivity contribution in [3.63, 3.8) is 0 Å². The number of amides is 2. The van der Waals surface area contributed by atoms with Gasteiger partial charge in [-0.25, -0.2) is 32.4 Å². The number of fused-ring (bicyclic) bond motifs is 5. The molecule has 1 saturated heterocycles. The Morgan fingerprint density at radius 2 is 1.17 bits per heavy atom. The summed E-state index contributed by atoms with van der Waals surface area (Å²) >= 11 is 26.6. The SMILES string of the molecule is Brc1ccc2cnccc2c1.C=C[C@@H]1C[C@]1(NC(=O)[C@@H]1C[C@@H](Oc2nccc3cc(-n4cccn4)ccc23)CN1C(=O)[C@@H](CC(=O)OC(C)(C)C)C(C)(C)C)C(=O)CS(=O)(=O)C1CC1.Clc1nccc2cc(-n3cccn3)ccc12.O=P(Cl)(Cl)Cl.O[n+]1ccc2cc(-n3cccn3)ccc2c1.O[n+]1ccc2cc(Br)ccc2c1. The molecule has 2 amide bonds. The summed E-state index contributed by atoms with van der Waals surface area (Å²) in [7, 11) is -3.64. The van der Waals surface area contributed by atoms with Crippen LogP contribution in [0.3, 0.4) is 0 Å². The predicted molar refractivity (Wildman–Crippen MR) is 444 cm³/mol. The third kappa shape index (κ3) is 22.8. The van der Waals surface area contributed by atoms with Gasteiger partial charge in [-0.3, -0.25) is 39.1 Å². The maximum absolute atomic E-state index is 14.6. The van der Waals surface area contributed by atoms with Gasteiger partial charge in [-0.15, -0.1) is 6.58 Å². The minimum atomic E-state index is -3.64. The summed E-state index contributed by atoms with van der Waals surface area (Å²) in [6, 6.07) is 43.7. The Bertz CT molecular complexity index is 5730. The van der Waals surface area contributed by atoms with Gasteiger partial charge in [0, 0.05) is 121 Å². The fourth-order valence-corrected chi connectivity index (χ4v) is 15.4. The third-order valence-electron chi connectivity index (χ3n) is 18.6. The van der Waals surface area contributed by atoms with E-state index in [0.29, 0.717) is 23.9 Å². The van der Waals surface area contributed by atoms with E-state index in [1.807, 2.05) is 184 Å². The average Bonchev–Trinajstić information content (AvgIpc) is 1.57. The zero-order valence-electron chi connectivity index (χ0n) is 62.0. The van der Waals surface area contributed by atoms with Gasteiger partial charge in [-0.2, -0.15) is 15.3 Å². The lowest BCUT2D eigenvalue weighted by Crippen LogP contribution is -2.55. The quantitative estimate of drug-likeness (QED) is 0.0215. The van der Waals surface area contributed by atoms with Crippen LogP contribution in [0.1, 0.15) is 73.6 Å². The summed E-state index contributed by atoms with van der Waals surface area (Å²) < 4.78 is 56.8. The minimum Gasteiger partial charge on any atom is -0.472 e. The molecule has 8 aromatic heterocycles. The molecule has 13 aromatic rings. The molecule has 113 heavy (non-hydrogen) atoms. The van der Waals surface area contributed by atoms with Crippen LogP contribution in [0.25, 0.3) is 70.9 Å². The highest BCUT2D eigenvalue weighted by Gasteiger charge is 2.61. The summed E-state index contributed by atoms with van der Waals surface area (Å²) in [5, 5.41) is 40.9. The smallest absolute Gasteiger partial charge is 0.339 e. The van der Waals surface area contributed by atoms with Crippen LogP contribution in [0, 0.1) is 17.3 Å². The molecule has 2 aliphatic carbocycles. The number of carbonyl (C=O) groups is 4. The molecule has 3 aliphatic rings. The van der Waals surface area contributed by atoms with Crippen molar-refractivity contribution in [2.24, 2.45) is 17.3 Å².